The molecule has 4 aromatic rings. The number of hydrogen-bond donors (Lipinski definition) is 1. The Balaban J connectivity index is 1.37. The van der Waals surface area contributed by atoms with Crippen molar-refractivity contribution in [2.45, 2.75) is 26.1 Å². The van der Waals surface area contributed by atoms with Crippen LogP contribution in [0.2, 0.25) is 0 Å². The predicted molar refractivity (Wildman–Crippen MR) is 147 cm³/mol. The molecule has 0 fully saturated rings. The Bertz CT molecular complexity index is 1300. The van der Waals surface area contributed by atoms with Crippen LogP contribution < -0.4 is 14.8 Å². The monoisotopic (exact) mass is 512 g/mol. The van der Waals surface area contributed by atoms with Crippen molar-refractivity contribution in [3.63, 3.8) is 0 Å². The molecule has 0 saturated carbocycles. The maximum atomic E-state index is 13.5. The summed E-state index contributed by atoms with van der Waals surface area (Å²) in [7, 11) is 1.60. The van der Waals surface area contributed by atoms with E-state index in [1.807, 2.05) is 72.8 Å². The number of halogens is 1. The smallest absolute Gasteiger partial charge is 0.234 e. The first-order valence-electron chi connectivity index (χ1n) is 12.7. The van der Waals surface area contributed by atoms with Crippen LogP contribution in [0.4, 0.5) is 4.39 Å². The molecule has 0 saturated heterocycles. The van der Waals surface area contributed by atoms with Crippen LogP contribution in [-0.4, -0.2) is 31.0 Å². The van der Waals surface area contributed by atoms with Crippen LogP contribution in [0, 0.1) is 5.82 Å². The van der Waals surface area contributed by atoms with Gasteiger partial charge in [-0.2, -0.15) is 0 Å². The first kappa shape index (κ1) is 26.9. The van der Waals surface area contributed by atoms with Gasteiger partial charge in [-0.05, 0) is 52.9 Å². The van der Waals surface area contributed by atoms with Crippen LogP contribution >= 0.6 is 0 Å². The fourth-order valence-corrected chi connectivity index (χ4v) is 4.17. The van der Waals surface area contributed by atoms with E-state index in [1.165, 1.54) is 12.1 Å². The number of hydrogen-bond acceptors (Lipinski definition) is 4. The lowest BCUT2D eigenvalue weighted by Gasteiger charge is -2.22. The van der Waals surface area contributed by atoms with Crippen LogP contribution in [0.5, 0.6) is 11.5 Å². The van der Waals surface area contributed by atoms with Gasteiger partial charge in [-0.25, -0.2) is 4.39 Å². The lowest BCUT2D eigenvalue weighted by molar-refractivity contribution is -0.122. The van der Waals surface area contributed by atoms with Gasteiger partial charge in [0.1, 0.15) is 12.4 Å². The van der Waals surface area contributed by atoms with Crippen LogP contribution in [0.25, 0.3) is 0 Å². The van der Waals surface area contributed by atoms with Gasteiger partial charge in [-0.3, -0.25) is 9.69 Å². The normalized spacial score (nSPS) is 10.8. The highest BCUT2D eigenvalue weighted by molar-refractivity contribution is 5.78. The van der Waals surface area contributed by atoms with Gasteiger partial charge >= 0.3 is 0 Å². The van der Waals surface area contributed by atoms with E-state index >= 15 is 0 Å². The Kier molecular flexibility index (Phi) is 9.88. The predicted octanol–water partition coefficient (Wildman–Crippen LogP) is 5.77. The van der Waals surface area contributed by atoms with Crippen molar-refractivity contribution >= 4 is 5.91 Å². The summed E-state index contributed by atoms with van der Waals surface area (Å²) in [5, 5.41) is 3.03. The highest BCUT2D eigenvalue weighted by atomic mass is 19.1. The molecule has 0 aromatic heterocycles. The third kappa shape index (κ3) is 8.46. The van der Waals surface area contributed by atoms with Gasteiger partial charge < -0.3 is 14.8 Å². The number of amides is 1. The molecule has 0 atom stereocenters. The Morgan fingerprint density at radius 1 is 0.789 bits per heavy atom. The van der Waals surface area contributed by atoms with E-state index < -0.39 is 0 Å². The fraction of sp³-hybridized carbons (Fsp3) is 0.219. The van der Waals surface area contributed by atoms with E-state index in [-0.39, 0.29) is 18.3 Å². The SMILES string of the molecule is COc1cc(CCN(CC(=O)NCc2ccccc2)Cc2ccccc2)ccc1OCc1cccc(F)c1. The van der Waals surface area contributed by atoms with Crippen LogP contribution in [0.3, 0.4) is 0 Å². The molecule has 6 heteroatoms. The second-order valence-electron chi connectivity index (χ2n) is 9.11. The van der Waals surface area contributed by atoms with Gasteiger partial charge in [0.05, 0.1) is 13.7 Å². The lowest BCUT2D eigenvalue weighted by Crippen LogP contribution is -2.37. The van der Waals surface area contributed by atoms with E-state index in [1.54, 1.807) is 13.2 Å². The van der Waals surface area contributed by atoms with Gasteiger partial charge in [-0.1, -0.05) is 78.9 Å². The average Bonchev–Trinajstić information content (AvgIpc) is 2.95. The molecule has 0 aliphatic carbocycles. The number of carbonyl (C=O) groups excluding carboxylic acids is 1. The van der Waals surface area contributed by atoms with Crippen molar-refractivity contribution in [3.8, 4) is 11.5 Å². The standard InChI is InChI=1S/C32H33FN2O3/c1-37-31-20-25(15-16-30(31)38-24-28-13-8-14-29(33)19-28)17-18-35(22-27-11-6-3-7-12-27)23-32(36)34-21-26-9-4-2-5-10-26/h2-16,19-20H,17-18,21-24H2,1H3,(H,34,36). The summed E-state index contributed by atoms with van der Waals surface area (Å²) in [6, 6.07) is 32.2. The summed E-state index contributed by atoms with van der Waals surface area (Å²) in [6.07, 6.45) is 0.735. The van der Waals surface area contributed by atoms with E-state index in [0.29, 0.717) is 37.7 Å². The first-order chi connectivity index (χ1) is 18.6. The third-order valence-electron chi connectivity index (χ3n) is 6.18. The number of rotatable bonds is 13. The second-order valence-corrected chi connectivity index (χ2v) is 9.11. The van der Waals surface area contributed by atoms with Crippen LogP contribution in [0.15, 0.2) is 103 Å². The topological polar surface area (TPSA) is 50.8 Å². The minimum atomic E-state index is -0.290. The van der Waals surface area contributed by atoms with E-state index in [2.05, 4.69) is 22.3 Å². The molecule has 1 amide bonds. The number of methoxy groups -OCH3 is 1. The second kappa shape index (κ2) is 14.0. The molecule has 0 unspecified atom stereocenters. The molecule has 196 valence electrons. The minimum absolute atomic E-state index is 0.0107. The summed E-state index contributed by atoms with van der Waals surface area (Å²) < 4.78 is 24.9. The quantitative estimate of drug-likeness (QED) is 0.247. The zero-order valence-electron chi connectivity index (χ0n) is 21.6. The van der Waals surface area contributed by atoms with E-state index in [9.17, 15) is 9.18 Å². The van der Waals surface area contributed by atoms with Crippen molar-refractivity contribution in [2.24, 2.45) is 0 Å². The highest BCUT2D eigenvalue weighted by Gasteiger charge is 2.13. The van der Waals surface area contributed by atoms with Crippen LogP contribution in [-0.2, 0) is 30.9 Å². The molecule has 0 bridgehead atoms. The minimum Gasteiger partial charge on any atom is -0.493 e. The van der Waals surface area contributed by atoms with Crippen molar-refractivity contribution in [3.05, 3.63) is 131 Å². The molecule has 0 spiro atoms. The average molecular weight is 513 g/mol. The number of nitrogens with zero attached hydrogens (tertiary/aromatic N) is 1. The summed E-state index contributed by atoms with van der Waals surface area (Å²) in [5.41, 5.74) is 4.05. The van der Waals surface area contributed by atoms with Gasteiger partial charge in [0.25, 0.3) is 0 Å². The van der Waals surface area contributed by atoms with Crippen molar-refractivity contribution in [1.82, 2.24) is 10.2 Å². The van der Waals surface area contributed by atoms with Crippen molar-refractivity contribution in [1.29, 1.82) is 0 Å². The molecule has 0 aliphatic rings. The lowest BCUT2D eigenvalue weighted by atomic mass is 10.1. The van der Waals surface area contributed by atoms with E-state index in [4.69, 9.17) is 9.47 Å². The maximum Gasteiger partial charge on any atom is 0.234 e. The van der Waals surface area contributed by atoms with Crippen LogP contribution in [0.1, 0.15) is 22.3 Å². The summed E-state index contributed by atoms with van der Waals surface area (Å²) in [4.78, 5) is 14.9. The largest absolute Gasteiger partial charge is 0.493 e. The molecule has 0 aliphatic heterocycles. The fourth-order valence-electron chi connectivity index (χ4n) is 4.17. The zero-order valence-corrected chi connectivity index (χ0v) is 21.6. The summed E-state index contributed by atoms with van der Waals surface area (Å²) in [5.74, 6) is 0.918. The molecular formula is C32H33FN2O3. The van der Waals surface area contributed by atoms with Gasteiger partial charge in [-0.15, -0.1) is 0 Å². The molecule has 5 nitrogen and oxygen atoms in total. The Labute approximate surface area is 223 Å². The van der Waals surface area contributed by atoms with Crippen molar-refractivity contribution in [2.75, 3.05) is 20.2 Å². The summed E-state index contributed by atoms with van der Waals surface area (Å²) in [6.45, 7) is 2.42. The Hall–Kier alpha value is -4.16. The third-order valence-corrected chi connectivity index (χ3v) is 6.18. The first-order valence-corrected chi connectivity index (χ1v) is 12.7. The number of benzene rings is 4. The van der Waals surface area contributed by atoms with E-state index in [0.717, 1.165) is 28.7 Å². The Morgan fingerprint density at radius 2 is 1.50 bits per heavy atom. The Morgan fingerprint density at radius 3 is 2.21 bits per heavy atom. The van der Waals surface area contributed by atoms with Crippen molar-refractivity contribution < 1.29 is 18.7 Å². The molecule has 4 aromatic carbocycles. The molecule has 1 N–H and O–H groups in total. The number of nitrogens with one attached hydrogen (secondary N) is 1. The van der Waals surface area contributed by atoms with Gasteiger partial charge in [0.2, 0.25) is 5.91 Å². The van der Waals surface area contributed by atoms with Gasteiger partial charge in [0, 0.05) is 19.6 Å². The molecule has 4 rings (SSSR count). The number of carbonyl (C=O) groups is 1. The molecule has 0 radical (unpaired) electrons. The van der Waals surface area contributed by atoms with Gasteiger partial charge in [0.15, 0.2) is 11.5 Å². The molecule has 38 heavy (non-hydrogen) atoms. The molecular weight excluding hydrogens is 479 g/mol. The zero-order chi connectivity index (χ0) is 26.6. The maximum absolute atomic E-state index is 13.5. The molecule has 0 heterocycles. The summed E-state index contributed by atoms with van der Waals surface area (Å²) >= 11 is 0. The number of ether oxygens (including phenoxy) is 2. The highest BCUT2D eigenvalue weighted by Crippen LogP contribution is 2.29.